The summed E-state index contributed by atoms with van der Waals surface area (Å²) in [6.07, 6.45) is 0.964. The van der Waals surface area contributed by atoms with Gasteiger partial charge in [0.25, 0.3) is 0 Å². The lowest BCUT2D eigenvalue weighted by Crippen LogP contribution is -2.33. The highest BCUT2D eigenvalue weighted by Gasteiger charge is 2.22. The average molecular weight is 316 g/mol. The van der Waals surface area contributed by atoms with Crippen molar-refractivity contribution in [2.45, 2.75) is 47.6 Å². The maximum Gasteiger partial charge on any atom is 0.0767 e. The highest BCUT2D eigenvalue weighted by molar-refractivity contribution is 9.10. The number of nitrogens with zero attached hydrogens (tertiary/aromatic N) is 2. The Labute approximate surface area is 119 Å². The van der Waals surface area contributed by atoms with Crippen molar-refractivity contribution in [2.75, 3.05) is 6.54 Å². The van der Waals surface area contributed by atoms with Crippen LogP contribution in [0.3, 0.4) is 0 Å². The van der Waals surface area contributed by atoms with Gasteiger partial charge in [-0.2, -0.15) is 5.10 Å². The lowest BCUT2D eigenvalue weighted by Gasteiger charge is -2.29. The summed E-state index contributed by atoms with van der Waals surface area (Å²) in [5, 5.41) is 8.06. The van der Waals surface area contributed by atoms with Crippen LogP contribution in [0.2, 0.25) is 0 Å². The Balaban J connectivity index is 2.62. The molecule has 18 heavy (non-hydrogen) atoms. The largest absolute Gasteiger partial charge is 0.311 e. The fourth-order valence-corrected chi connectivity index (χ4v) is 2.48. The number of halogens is 1. The van der Waals surface area contributed by atoms with E-state index < -0.39 is 0 Å². The molecule has 4 heteroatoms. The minimum absolute atomic E-state index is 0.318. The van der Waals surface area contributed by atoms with Crippen LogP contribution < -0.4 is 5.32 Å². The molecule has 0 fully saturated rings. The molecule has 3 nitrogen and oxygen atoms in total. The molecule has 0 saturated heterocycles. The van der Waals surface area contributed by atoms with Crippen molar-refractivity contribution >= 4 is 15.9 Å². The second kappa shape index (κ2) is 6.20. The normalized spacial score (nSPS) is 12.4. The van der Waals surface area contributed by atoms with Crippen LogP contribution in [0.25, 0.3) is 0 Å². The van der Waals surface area contributed by atoms with Crippen LogP contribution in [-0.4, -0.2) is 16.3 Å². The van der Waals surface area contributed by atoms with E-state index in [1.165, 1.54) is 5.69 Å². The van der Waals surface area contributed by atoms with Gasteiger partial charge < -0.3 is 5.32 Å². The van der Waals surface area contributed by atoms with Gasteiger partial charge in [0.1, 0.15) is 0 Å². The van der Waals surface area contributed by atoms with E-state index in [0.29, 0.717) is 11.3 Å². The highest BCUT2D eigenvalue weighted by Crippen LogP contribution is 2.25. The standard InChI is InChI=1S/C14H26BrN3/c1-7-11-13(15)12(18(6)17-11)8-16-9-14(4,5)10(2)3/h10,16H,7-9H2,1-6H3. The quantitative estimate of drug-likeness (QED) is 0.870. The van der Waals surface area contributed by atoms with Crippen molar-refractivity contribution < 1.29 is 0 Å². The van der Waals surface area contributed by atoms with Gasteiger partial charge in [-0.25, -0.2) is 0 Å². The molecule has 0 bridgehead atoms. The fourth-order valence-electron chi connectivity index (χ4n) is 1.72. The van der Waals surface area contributed by atoms with Crippen LogP contribution in [0.15, 0.2) is 4.47 Å². The van der Waals surface area contributed by atoms with Gasteiger partial charge in [-0.05, 0) is 33.7 Å². The Kier molecular flexibility index (Phi) is 5.41. The van der Waals surface area contributed by atoms with Gasteiger partial charge in [0.15, 0.2) is 0 Å². The summed E-state index contributed by atoms with van der Waals surface area (Å²) < 4.78 is 3.13. The molecular weight excluding hydrogens is 290 g/mol. The van der Waals surface area contributed by atoms with Crippen LogP contribution >= 0.6 is 15.9 Å². The molecule has 0 saturated carbocycles. The molecule has 1 N–H and O–H groups in total. The van der Waals surface area contributed by atoms with Crippen molar-refractivity contribution in [3.05, 3.63) is 15.9 Å². The summed E-state index contributed by atoms with van der Waals surface area (Å²) >= 11 is 3.65. The molecule has 1 aromatic heterocycles. The highest BCUT2D eigenvalue weighted by atomic mass is 79.9. The smallest absolute Gasteiger partial charge is 0.0767 e. The van der Waals surface area contributed by atoms with Gasteiger partial charge in [-0.1, -0.05) is 34.6 Å². The molecule has 0 radical (unpaired) electrons. The molecule has 1 rings (SSSR count). The van der Waals surface area contributed by atoms with E-state index in [-0.39, 0.29) is 0 Å². The van der Waals surface area contributed by atoms with Gasteiger partial charge in [-0.3, -0.25) is 4.68 Å². The second-order valence-electron chi connectivity index (χ2n) is 5.93. The van der Waals surface area contributed by atoms with Crippen LogP contribution in [0.4, 0.5) is 0 Å². The summed E-state index contributed by atoms with van der Waals surface area (Å²) in [6, 6.07) is 0. The first-order valence-electron chi connectivity index (χ1n) is 6.70. The average Bonchev–Trinajstić information content (AvgIpc) is 2.55. The fraction of sp³-hybridized carbons (Fsp3) is 0.786. The Bertz CT molecular complexity index is 394. The van der Waals surface area contributed by atoms with E-state index in [4.69, 9.17) is 0 Å². The third-order valence-electron chi connectivity index (χ3n) is 3.94. The van der Waals surface area contributed by atoms with E-state index in [0.717, 1.165) is 29.7 Å². The lowest BCUT2D eigenvalue weighted by molar-refractivity contribution is 0.237. The van der Waals surface area contributed by atoms with Crippen molar-refractivity contribution in [1.82, 2.24) is 15.1 Å². The summed E-state index contributed by atoms with van der Waals surface area (Å²) in [4.78, 5) is 0. The van der Waals surface area contributed by atoms with E-state index in [1.807, 2.05) is 11.7 Å². The minimum atomic E-state index is 0.318. The molecule has 0 unspecified atom stereocenters. The summed E-state index contributed by atoms with van der Waals surface area (Å²) in [6.45, 7) is 13.2. The third kappa shape index (κ3) is 3.58. The molecule has 0 spiro atoms. The molecule has 104 valence electrons. The first-order chi connectivity index (χ1) is 8.29. The summed E-state index contributed by atoms with van der Waals surface area (Å²) in [5.74, 6) is 0.672. The molecule has 0 aromatic carbocycles. The molecule has 0 aliphatic rings. The molecule has 0 aliphatic carbocycles. The number of hydrogen-bond donors (Lipinski definition) is 1. The molecule has 0 atom stereocenters. The number of aromatic nitrogens is 2. The zero-order valence-corrected chi connectivity index (χ0v) is 14.1. The molecule has 1 heterocycles. The monoisotopic (exact) mass is 315 g/mol. The first-order valence-corrected chi connectivity index (χ1v) is 7.49. The van der Waals surface area contributed by atoms with Gasteiger partial charge in [0, 0.05) is 20.1 Å². The van der Waals surface area contributed by atoms with Crippen LogP contribution in [0.1, 0.15) is 46.0 Å². The first kappa shape index (κ1) is 15.7. The lowest BCUT2D eigenvalue weighted by atomic mass is 9.81. The molecule has 0 amide bonds. The van der Waals surface area contributed by atoms with E-state index >= 15 is 0 Å². The number of aryl methyl sites for hydroxylation is 2. The Morgan fingerprint density at radius 2 is 2.00 bits per heavy atom. The second-order valence-corrected chi connectivity index (χ2v) is 6.72. The zero-order chi connectivity index (χ0) is 13.9. The van der Waals surface area contributed by atoms with Crippen LogP contribution in [0, 0.1) is 11.3 Å². The zero-order valence-electron chi connectivity index (χ0n) is 12.5. The Morgan fingerprint density at radius 1 is 1.39 bits per heavy atom. The van der Waals surface area contributed by atoms with E-state index in [2.05, 4.69) is 61.0 Å². The van der Waals surface area contributed by atoms with E-state index in [9.17, 15) is 0 Å². The maximum atomic E-state index is 4.51. The Hall–Kier alpha value is -0.350. The number of rotatable bonds is 6. The maximum absolute atomic E-state index is 4.51. The molecule has 1 aromatic rings. The molecule has 0 aliphatic heterocycles. The summed E-state index contributed by atoms with van der Waals surface area (Å²) in [7, 11) is 2.01. The number of hydrogen-bond acceptors (Lipinski definition) is 2. The van der Waals surface area contributed by atoms with Crippen molar-refractivity contribution in [1.29, 1.82) is 0 Å². The predicted molar refractivity (Wildman–Crippen MR) is 80.6 cm³/mol. The van der Waals surface area contributed by atoms with Crippen molar-refractivity contribution in [2.24, 2.45) is 18.4 Å². The van der Waals surface area contributed by atoms with Gasteiger partial charge in [0.2, 0.25) is 0 Å². The number of nitrogens with one attached hydrogen (secondary N) is 1. The van der Waals surface area contributed by atoms with Gasteiger partial charge in [-0.15, -0.1) is 0 Å². The van der Waals surface area contributed by atoms with Crippen LogP contribution in [0.5, 0.6) is 0 Å². The van der Waals surface area contributed by atoms with Crippen molar-refractivity contribution in [3.8, 4) is 0 Å². The Morgan fingerprint density at radius 3 is 2.44 bits per heavy atom. The third-order valence-corrected chi connectivity index (χ3v) is 4.85. The molecular formula is C14H26BrN3. The van der Waals surface area contributed by atoms with Gasteiger partial charge >= 0.3 is 0 Å². The minimum Gasteiger partial charge on any atom is -0.311 e. The topological polar surface area (TPSA) is 29.9 Å². The predicted octanol–water partition coefficient (Wildman–Crippen LogP) is 3.52. The van der Waals surface area contributed by atoms with Crippen molar-refractivity contribution in [3.63, 3.8) is 0 Å². The SMILES string of the molecule is CCc1nn(C)c(CNCC(C)(C)C(C)C)c1Br. The van der Waals surface area contributed by atoms with E-state index in [1.54, 1.807) is 0 Å². The van der Waals surface area contributed by atoms with Crippen LogP contribution in [-0.2, 0) is 20.0 Å². The van der Waals surface area contributed by atoms with Gasteiger partial charge in [0.05, 0.1) is 15.9 Å². The summed E-state index contributed by atoms with van der Waals surface area (Å²) in [5.41, 5.74) is 2.68.